The Morgan fingerprint density at radius 2 is 1.79 bits per heavy atom. The van der Waals surface area contributed by atoms with Crippen LogP contribution in [0.1, 0.15) is 86.0 Å². The molecule has 6 atom stereocenters. The third-order valence-corrected chi connectivity index (χ3v) is 8.63. The lowest BCUT2D eigenvalue weighted by molar-refractivity contribution is 0.112. The first kappa shape index (κ1) is 22.6. The first-order valence-corrected chi connectivity index (χ1v) is 12.2. The molecule has 3 saturated carbocycles. The third-order valence-electron chi connectivity index (χ3n) is 8.63. The van der Waals surface area contributed by atoms with Gasteiger partial charge in [0.15, 0.2) is 0 Å². The standard InChI is InChI=1S/C28H44O/c1-19(2)20(3)9-10-22(5)26-15-16-27-23(8-7-17-28(26,27)6)12-13-24-18-25(29)14-11-21(24)4/h9-10,12-13,19-20,22,25-27,29H,4,7-8,11,14-18H2,1-3,5-6H3/b10-9?,23-12+,24-13?. The van der Waals surface area contributed by atoms with Gasteiger partial charge in [0.05, 0.1) is 6.10 Å². The first-order valence-electron chi connectivity index (χ1n) is 12.2. The predicted octanol–water partition coefficient (Wildman–Crippen LogP) is 7.64. The zero-order chi connectivity index (χ0) is 21.2. The molecule has 0 spiro atoms. The monoisotopic (exact) mass is 396 g/mol. The van der Waals surface area contributed by atoms with Crippen LogP contribution in [0.15, 0.2) is 47.6 Å². The van der Waals surface area contributed by atoms with Gasteiger partial charge >= 0.3 is 0 Å². The molecular weight excluding hydrogens is 352 g/mol. The summed E-state index contributed by atoms with van der Waals surface area (Å²) in [6, 6.07) is 0. The van der Waals surface area contributed by atoms with Crippen molar-refractivity contribution in [2.75, 3.05) is 0 Å². The van der Waals surface area contributed by atoms with Crippen LogP contribution in [-0.2, 0) is 0 Å². The Labute approximate surface area is 180 Å². The molecule has 0 aliphatic heterocycles. The van der Waals surface area contributed by atoms with Gasteiger partial charge < -0.3 is 5.11 Å². The molecule has 0 aromatic rings. The second-order valence-electron chi connectivity index (χ2n) is 10.9. The molecule has 0 saturated heterocycles. The van der Waals surface area contributed by atoms with Crippen molar-refractivity contribution in [2.45, 2.75) is 92.1 Å². The van der Waals surface area contributed by atoms with Crippen molar-refractivity contribution in [3.63, 3.8) is 0 Å². The molecule has 6 unspecified atom stereocenters. The van der Waals surface area contributed by atoms with Gasteiger partial charge in [0, 0.05) is 0 Å². The minimum absolute atomic E-state index is 0.182. The van der Waals surface area contributed by atoms with Gasteiger partial charge in [-0.1, -0.05) is 76.6 Å². The molecule has 1 heteroatoms. The van der Waals surface area contributed by atoms with Crippen LogP contribution in [0.4, 0.5) is 0 Å². The topological polar surface area (TPSA) is 20.2 Å². The molecule has 0 radical (unpaired) electrons. The molecule has 1 N–H and O–H groups in total. The van der Waals surface area contributed by atoms with Gasteiger partial charge in [-0.2, -0.15) is 0 Å². The molecule has 162 valence electrons. The highest BCUT2D eigenvalue weighted by Crippen LogP contribution is 2.59. The fourth-order valence-electron chi connectivity index (χ4n) is 6.25. The number of hydrogen-bond acceptors (Lipinski definition) is 1. The van der Waals surface area contributed by atoms with Crippen LogP contribution in [0.2, 0.25) is 0 Å². The summed E-state index contributed by atoms with van der Waals surface area (Å²) in [4.78, 5) is 0. The average molecular weight is 397 g/mol. The maximum atomic E-state index is 10.0. The highest BCUT2D eigenvalue weighted by molar-refractivity contribution is 5.36. The molecule has 0 aromatic heterocycles. The smallest absolute Gasteiger partial charge is 0.0583 e. The summed E-state index contributed by atoms with van der Waals surface area (Å²) in [6.45, 7) is 16.3. The van der Waals surface area contributed by atoms with Gasteiger partial charge in [0.25, 0.3) is 0 Å². The zero-order valence-electron chi connectivity index (χ0n) is 19.6. The molecule has 3 aliphatic carbocycles. The normalized spacial score (nSPS) is 38.2. The van der Waals surface area contributed by atoms with E-state index in [0.29, 0.717) is 17.3 Å². The summed E-state index contributed by atoms with van der Waals surface area (Å²) in [6.07, 6.45) is 18.8. The largest absolute Gasteiger partial charge is 0.393 e. The van der Waals surface area contributed by atoms with E-state index in [9.17, 15) is 5.11 Å². The van der Waals surface area contributed by atoms with Crippen LogP contribution in [0.25, 0.3) is 0 Å². The van der Waals surface area contributed by atoms with E-state index >= 15 is 0 Å². The number of hydrogen-bond donors (Lipinski definition) is 1. The van der Waals surface area contributed by atoms with Crippen molar-refractivity contribution in [2.24, 2.45) is 35.0 Å². The molecule has 3 fully saturated rings. The Kier molecular flexibility index (Phi) is 7.31. The SMILES string of the molecule is C=C1CCC(O)CC1=C/C=C1\CCCC2(C)C1CCC2C(C)C=CC(C)C(C)C. The fourth-order valence-corrected chi connectivity index (χ4v) is 6.25. The summed E-state index contributed by atoms with van der Waals surface area (Å²) in [5.41, 5.74) is 4.61. The highest BCUT2D eigenvalue weighted by atomic mass is 16.3. The minimum atomic E-state index is -0.182. The Balaban J connectivity index is 1.75. The van der Waals surface area contributed by atoms with E-state index in [1.165, 1.54) is 43.3 Å². The van der Waals surface area contributed by atoms with E-state index < -0.39 is 0 Å². The summed E-state index contributed by atoms with van der Waals surface area (Å²) < 4.78 is 0. The molecule has 3 rings (SSSR count). The summed E-state index contributed by atoms with van der Waals surface area (Å²) in [5.74, 6) is 3.58. The minimum Gasteiger partial charge on any atom is -0.393 e. The molecule has 0 aromatic carbocycles. The van der Waals surface area contributed by atoms with Gasteiger partial charge in [-0.25, -0.2) is 0 Å². The Hall–Kier alpha value is -1.08. The molecule has 0 heterocycles. The van der Waals surface area contributed by atoms with E-state index in [1.807, 2.05) is 0 Å². The molecule has 0 bridgehead atoms. The van der Waals surface area contributed by atoms with E-state index in [4.69, 9.17) is 0 Å². The lowest BCUT2D eigenvalue weighted by Crippen LogP contribution is -2.35. The van der Waals surface area contributed by atoms with Gasteiger partial charge in [-0.3, -0.25) is 0 Å². The summed E-state index contributed by atoms with van der Waals surface area (Å²) in [5, 5.41) is 10.0. The number of fused-ring (bicyclic) bond motifs is 1. The number of rotatable bonds is 5. The second kappa shape index (κ2) is 9.38. The molecule has 29 heavy (non-hydrogen) atoms. The van der Waals surface area contributed by atoms with Gasteiger partial charge in [0.2, 0.25) is 0 Å². The fraction of sp³-hybridized carbons (Fsp3) is 0.714. The molecule has 0 amide bonds. The van der Waals surface area contributed by atoms with Crippen molar-refractivity contribution in [3.8, 4) is 0 Å². The van der Waals surface area contributed by atoms with E-state index in [2.05, 4.69) is 65.5 Å². The Morgan fingerprint density at radius 1 is 1.03 bits per heavy atom. The van der Waals surface area contributed by atoms with Gasteiger partial charge in [0.1, 0.15) is 0 Å². The lowest BCUT2D eigenvalue weighted by atomic mass is 9.61. The number of allylic oxidation sites excluding steroid dienone is 6. The van der Waals surface area contributed by atoms with E-state index in [0.717, 1.165) is 37.0 Å². The van der Waals surface area contributed by atoms with Crippen LogP contribution in [0.5, 0.6) is 0 Å². The van der Waals surface area contributed by atoms with Crippen molar-refractivity contribution in [1.29, 1.82) is 0 Å². The second-order valence-corrected chi connectivity index (χ2v) is 10.9. The van der Waals surface area contributed by atoms with Crippen molar-refractivity contribution in [3.05, 3.63) is 47.6 Å². The molecule has 1 nitrogen and oxygen atoms in total. The van der Waals surface area contributed by atoms with E-state index in [-0.39, 0.29) is 6.10 Å². The van der Waals surface area contributed by atoms with Gasteiger partial charge in [-0.15, -0.1) is 0 Å². The average Bonchev–Trinajstić information content (AvgIpc) is 3.04. The van der Waals surface area contributed by atoms with Crippen molar-refractivity contribution in [1.82, 2.24) is 0 Å². The highest BCUT2D eigenvalue weighted by Gasteiger charge is 2.50. The van der Waals surface area contributed by atoms with Crippen LogP contribution in [-0.4, -0.2) is 11.2 Å². The summed E-state index contributed by atoms with van der Waals surface area (Å²) in [7, 11) is 0. The Bertz CT molecular complexity index is 678. The molecular formula is C28H44O. The lowest BCUT2D eigenvalue weighted by Gasteiger charge is -2.44. The molecule has 3 aliphatic rings. The van der Waals surface area contributed by atoms with Crippen LogP contribution in [0, 0.1) is 35.0 Å². The quantitative estimate of drug-likeness (QED) is 0.473. The van der Waals surface area contributed by atoms with Crippen molar-refractivity contribution >= 4 is 0 Å². The maximum Gasteiger partial charge on any atom is 0.0583 e. The first-order chi connectivity index (χ1) is 13.7. The summed E-state index contributed by atoms with van der Waals surface area (Å²) >= 11 is 0. The van der Waals surface area contributed by atoms with Crippen LogP contribution in [0.3, 0.4) is 0 Å². The van der Waals surface area contributed by atoms with Crippen LogP contribution < -0.4 is 0 Å². The van der Waals surface area contributed by atoms with Gasteiger partial charge in [-0.05, 0) is 91.9 Å². The number of aliphatic hydroxyl groups excluding tert-OH is 1. The van der Waals surface area contributed by atoms with E-state index in [1.54, 1.807) is 5.57 Å². The van der Waals surface area contributed by atoms with Crippen LogP contribution >= 0.6 is 0 Å². The van der Waals surface area contributed by atoms with Crippen molar-refractivity contribution < 1.29 is 5.11 Å². The third kappa shape index (κ3) is 4.98. The number of aliphatic hydroxyl groups is 1. The predicted molar refractivity (Wildman–Crippen MR) is 126 cm³/mol. The zero-order valence-corrected chi connectivity index (χ0v) is 19.6. The maximum absolute atomic E-state index is 10.0. The Morgan fingerprint density at radius 3 is 2.52 bits per heavy atom.